The molecule has 0 bridgehead atoms. The van der Waals surface area contributed by atoms with Crippen molar-refractivity contribution in [3.8, 4) is 78.9 Å². The van der Waals surface area contributed by atoms with Crippen LogP contribution in [0.25, 0.3) is 123 Å². The number of rotatable bonds is 8. The fraction of sp³-hybridized carbons (Fsp3) is 0. The van der Waals surface area contributed by atoms with Crippen LogP contribution >= 0.6 is 0 Å². The summed E-state index contributed by atoms with van der Waals surface area (Å²) >= 11 is 0. The molecule has 0 saturated carbocycles. The maximum Gasteiger partial charge on any atom is 0.238 e. The van der Waals surface area contributed by atoms with Crippen molar-refractivity contribution >= 4 is 43.6 Å². The van der Waals surface area contributed by atoms with Crippen molar-refractivity contribution in [2.24, 2.45) is 0 Å². The third kappa shape index (κ3) is 6.68. The summed E-state index contributed by atoms with van der Waals surface area (Å²) < 4.78 is 4.72. The van der Waals surface area contributed by atoms with Crippen molar-refractivity contribution in [3.05, 3.63) is 249 Å². The second-order valence-corrected chi connectivity index (χ2v) is 17.2. The molecule has 0 aliphatic heterocycles. The van der Waals surface area contributed by atoms with Gasteiger partial charge in [-0.3, -0.25) is 4.57 Å². The van der Waals surface area contributed by atoms with E-state index < -0.39 is 0 Å². The summed E-state index contributed by atoms with van der Waals surface area (Å²) in [5.74, 6) is 1.74. The lowest BCUT2D eigenvalue weighted by atomic mass is 9.91. The van der Waals surface area contributed by atoms with Gasteiger partial charge in [-0.2, -0.15) is 9.97 Å². The van der Waals surface area contributed by atoms with Gasteiger partial charge in [0.2, 0.25) is 5.95 Å². The smallest absolute Gasteiger partial charge is 0.238 e. The minimum Gasteiger partial charge on any atom is -0.309 e. The summed E-state index contributed by atoms with van der Waals surface area (Å²) in [5, 5.41) is 4.50. The fourth-order valence-electron chi connectivity index (χ4n) is 10.1. The third-order valence-electron chi connectivity index (χ3n) is 13.1. The predicted molar refractivity (Wildman–Crippen MR) is 281 cm³/mol. The molecule has 13 aromatic rings. The topological polar surface area (TPSA) is 48.5 Å². The molecule has 0 spiro atoms. The minimum absolute atomic E-state index is 0.545. The van der Waals surface area contributed by atoms with Crippen molar-refractivity contribution in [3.63, 3.8) is 0 Å². The number of aromatic nitrogens is 5. The highest BCUT2D eigenvalue weighted by Gasteiger charge is 2.26. The van der Waals surface area contributed by atoms with Crippen LogP contribution in [0.4, 0.5) is 0 Å². The molecule has 0 radical (unpaired) electrons. The second kappa shape index (κ2) is 16.4. The molecule has 0 amide bonds. The average molecular weight is 868 g/mol. The van der Waals surface area contributed by atoms with Crippen LogP contribution in [0.2, 0.25) is 0 Å². The summed E-state index contributed by atoms with van der Waals surface area (Å²) in [7, 11) is 0. The molecular formula is C63H41N5. The summed E-state index contributed by atoms with van der Waals surface area (Å²) in [6.07, 6.45) is 0. The molecule has 318 valence electrons. The van der Waals surface area contributed by atoms with E-state index in [2.05, 4.69) is 234 Å². The Bertz CT molecular complexity index is 3930. The molecule has 3 heterocycles. The van der Waals surface area contributed by atoms with Gasteiger partial charge in [0.1, 0.15) is 0 Å². The summed E-state index contributed by atoms with van der Waals surface area (Å²) in [5.41, 5.74) is 16.2. The van der Waals surface area contributed by atoms with Gasteiger partial charge in [0, 0.05) is 38.4 Å². The Morgan fingerprint density at radius 2 is 0.691 bits per heavy atom. The number of nitrogens with zero attached hydrogens (tertiary/aromatic N) is 5. The van der Waals surface area contributed by atoms with E-state index in [-0.39, 0.29) is 0 Å². The average Bonchev–Trinajstić information content (AvgIpc) is 3.95. The van der Waals surface area contributed by atoms with Crippen LogP contribution in [0.3, 0.4) is 0 Å². The van der Waals surface area contributed by atoms with E-state index in [0.717, 1.165) is 105 Å². The Hall–Kier alpha value is -9.19. The molecule has 10 aromatic carbocycles. The molecule has 0 aliphatic carbocycles. The Morgan fingerprint density at radius 1 is 0.265 bits per heavy atom. The van der Waals surface area contributed by atoms with E-state index in [0.29, 0.717) is 17.6 Å². The molecule has 0 fully saturated rings. The monoisotopic (exact) mass is 867 g/mol. The molecular weight excluding hydrogens is 827 g/mol. The van der Waals surface area contributed by atoms with Gasteiger partial charge in [-0.05, 0) is 99.1 Å². The molecule has 68 heavy (non-hydrogen) atoms. The number of hydrogen-bond acceptors (Lipinski definition) is 3. The first-order chi connectivity index (χ1) is 33.7. The highest BCUT2D eigenvalue weighted by atomic mass is 15.2. The van der Waals surface area contributed by atoms with Crippen molar-refractivity contribution < 1.29 is 0 Å². The van der Waals surface area contributed by atoms with Crippen LogP contribution in [0.1, 0.15) is 0 Å². The van der Waals surface area contributed by atoms with E-state index in [1.807, 2.05) is 24.3 Å². The van der Waals surface area contributed by atoms with Gasteiger partial charge in [0.15, 0.2) is 11.6 Å². The zero-order valence-corrected chi connectivity index (χ0v) is 36.9. The molecule has 5 nitrogen and oxygen atoms in total. The number of para-hydroxylation sites is 3. The fourth-order valence-corrected chi connectivity index (χ4v) is 10.1. The van der Waals surface area contributed by atoms with Crippen LogP contribution in [0.5, 0.6) is 0 Å². The van der Waals surface area contributed by atoms with Gasteiger partial charge in [0.25, 0.3) is 0 Å². The maximum atomic E-state index is 5.50. The maximum absolute atomic E-state index is 5.50. The number of hydrogen-bond donors (Lipinski definition) is 0. The van der Waals surface area contributed by atoms with Crippen LogP contribution in [0.15, 0.2) is 249 Å². The first-order valence-corrected chi connectivity index (χ1v) is 23.0. The molecule has 0 saturated heterocycles. The lowest BCUT2D eigenvalue weighted by Gasteiger charge is -2.15. The van der Waals surface area contributed by atoms with Crippen LogP contribution in [-0.2, 0) is 0 Å². The van der Waals surface area contributed by atoms with Crippen molar-refractivity contribution in [1.82, 2.24) is 24.1 Å². The van der Waals surface area contributed by atoms with Gasteiger partial charge < -0.3 is 4.57 Å². The van der Waals surface area contributed by atoms with Crippen molar-refractivity contribution in [1.29, 1.82) is 0 Å². The Kier molecular flexibility index (Phi) is 9.43. The number of fused-ring (bicyclic) bond motifs is 7. The summed E-state index contributed by atoms with van der Waals surface area (Å²) in [6.45, 7) is 0. The molecule has 0 N–H and O–H groups in total. The minimum atomic E-state index is 0.545. The molecule has 3 aromatic heterocycles. The third-order valence-corrected chi connectivity index (χ3v) is 13.1. The Balaban J connectivity index is 1.19. The largest absolute Gasteiger partial charge is 0.309 e. The van der Waals surface area contributed by atoms with Gasteiger partial charge in [-0.1, -0.05) is 194 Å². The van der Waals surface area contributed by atoms with E-state index in [1.165, 1.54) is 0 Å². The number of benzene rings is 10. The van der Waals surface area contributed by atoms with Gasteiger partial charge in [-0.15, -0.1) is 0 Å². The lowest BCUT2D eigenvalue weighted by molar-refractivity contribution is 0.955. The van der Waals surface area contributed by atoms with E-state index in [1.54, 1.807) is 0 Å². The highest BCUT2D eigenvalue weighted by molar-refractivity contribution is 6.30. The zero-order chi connectivity index (χ0) is 45.0. The normalized spacial score (nSPS) is 11.5. The standard InChI is InChI=1S/C63H41N5/c1-6-21-42(22-7-1)46-29-20-30-47(37-46)62-64-61(45-27-12-4-13-28-45)65-63(66-62)68-56-36-19-16-33-52(56)58-54(50-39-48(43-23-8-2-9-24-43)38-49(40-50)44-25-10-3-11-26-44)41-57-59(60(58)68)53-34-17-18-35-55(53)67(57)51-31-14-5-15-32-51/h1-41H. The van der Waals surface area contributed by atoms with Crippen LogP contribution in [0, 0.1) is 0 Å². The van der Waals surface area contributed by atoms with Gasteiger partial charge >= 0.3 is 0 Å². The zero-order valence-electron chi connectivity index (χ0n) is 36.9. The molecule has 5 heteroatoms. The van der Waals surface area contributed by atoms with Crippen LogP contribution in [-0.4, -0.2) is 24.1 Å². The van der Waals surface area contributed by atoms with Crippen molar-refractivity contribution in [2.75, 3.05) is 0 Å². The van der Waals surface area contributed by atoms with E-state index in [9.17, 15) is 0 Å². The first kappa shape index (κ1) is 39.2. The van der Waals surface area contributed by atoms with Crippen molar-refractivity contribution in [2.45, 2.75) is 0 Å². The van der Waals surface area contributed by atoms with E-state index >= 15 is 0 Å². The molecule has 0 atom stereocenters. The molecule has 13 rings (SSSR count). The first-order valence-electron chi connectivity index (χ1n) is 23.0. The van der Waals surface area contributed by atoms with E-state index in [4.69, 9.17) is 15.0 Å². The summed E-state index contributed by atoms with van der Waals surface area (Å²) in [6, 6.07) is 88.3. The molecule has 0 aliphatic rings. The quantitative estimate of drug-likeness (QED) is 0.153. The predicted octanol–water partition coefficient (Wildman–Crippen LogP) is 16.1. The van der Waals surface area contributed by atoms with Crippen LogP contribution < -0.4 is 0 Å². The molecule has 0 unspecified atom stereocenters. The Morgan fingerprint density at radius 3 is 1.29 bits per heavy atom. The highest BCUT2D eigenvalue weighted by Crippen LogP contribution is 2.47. The van der Waals surface area contributed by atoms with Gasteiger partial charge in [-0.25, -0.2) is 4.98 Å². The van der Waals surface area contributed by atoms with Gasteiger partial charge in [0.05, 0.1) is 22.1 Å². The lowest BCUT2D eigenvalue weighted by Crippen LogP contribution is -2.06. The summed E-state index contributed by atoms with van der Waals surface area (Å²) in [4.78, 5) is 16.2. The Labute approximate surface area is 393 Å². The SMILES string of the molecule is c1ccc(-c2cccc(-c3nc(-c4ccccc4)nc(-n4c5ccccc5c5c(-c6cc(-c7ccccc7)cc(-c7ccccc7)c6)cc6c(c7ccccc7n6-c6ccccc6)c54)n3)c2)cc1. The second-order valence-electron chi connectivity index (χ2n) is 17.2.